The number of piperidine rings is 1. The normalized spacial score (nSPS) is 18.0. The fourth-order valence-electron chi connectivity index (χ4n) is 4.93. The Morgan fingerprint density at radius 3 is 2.40 bits per heavy atom. The van der Waals surface area contributed by atoms with Gasteiger partial charge in [0.1, 0.15) is 17.8 Å². The third-order valence-corrected chi connectivity index (χ3v) is 8.93. The molecular weight excluding hydrogens is 650 g/mol. The Bertz CT molecular complexity index is 1580. The van der Waals surface area contributed by atoms with Crippen LogP contribution in [0.15, 0.2) is 39.6 Å². The number of halogens is 8. The summed E-state index contributed by atoms with van der Waals surface area (Å²) in [5.41, 5.74) is -2.43. The van der Waals surface area contributed by atoms with Crippen LogP contribution in [-0.4, -0.2) is 39.2 Å². The van der Waals surface area contributed by atoms with E-state index in [1.54, 1.807) is 12.1 Å². The van der Waals surface area contributed by atoms with E-state index >= 15 is 0 Å². The van der Waals surface area contributed by atoms with Gasteiger partial charge in [-0.2, -0.15) is 13.2 Å². The van der Waals surface area contributed by atoms with Crippen LogP contribution >= 0.6 is 46.1 Å². The van der Waals surface area contributed by atoms with Crippen LogP contribution in [0.2, 0.25) is 15.1 Å². The quantitative estimate of drug-likeness (QED) is 0.255. The van der Waals surface area contributed by atoms with Crippen LogP contribution in [0.25, 0.3) is 0 Å². The molecule has 1 aromatic carbocycles. The summed E-state index contributed by atoms with van der Waals surface area (Å²) >= 11 is 20.0. The molecule has 1 fully saturated rings. The molecule has 0 aliphatic carbocycles. The number of hydrogen-bond acceptors (Lipinski definition) is 6. The summed E-state index contributed by atoms with van der Waals surface area (Å²) in [6.07, 6.45) is -7.43. The molecule has 7 nitrogen and oxygen atoms in total. The highest BCUT2D eigenvalue weighted by molar-refractivity contribution is 7.10. The molecule has 0 bridgehead atoms. The number of carbonyl (C=O) groups is 1. The first kappa shape index (κ1) is 30.7. The van der Waals surface area contributed by atoms with E-state index in [0.717, 1.165) is 5.01 Å². The lowest BCUT2D eigenvalue weighted by molar-refractivity contribution is -0.140. The summed E-state index contributed by atoms with van der Waals surface area (Å²) in [7, 11) is 0. The van der Waals surface area contributed by atoms with E-state index in [4.69, 9.17) is 44.6 Å². The minimum absolute atomic E-state index is 0.0143. The first-order valence-electron chi connectivity index (χ1n) is 12.5. The molecule has 1 saturated heterocycles. The van der Waals surface area contributed by atoms with Gasteiger partial charge >= 0.3 is 6.18 Å². The summed E-state index contributed by atoms with van der Waals surface area (Å²) in [6.45, 7) is -0.483. The Kier molecular flexibility index (Phi) is 8.85. The number of carbonyl (C=O) groups excluding carboxylic acids is 1. The van der Waals surface area contributed by atoms with E-state index < -0.39 is 48.0 Å². The average molecular weight is 670 g/mol. The van der Waals surface area contributed by atoms with E-state index in [9.17, 15) is 31.5 Å². The van der Waals surface area contributed by atoms with Crippen molar-refractivity contribution in [2.24, 2.45) is 5.16 Å². The Morgan fingerprint density at radius 2 is 1.79 bits per heavy atom. The highest BCUT2D eigenvalue weighted by Crippen LogP contribution is 2.40. The average Bonchev–Trinajstić information content (AvgIpc) is 3.59. The van der Waals surface area contributed by atoms with Gasteiger partial charge in [0.15, 0.2) is 6.10 Å². The maximum Gasteiger partial charge on any atom is 0.421 e. The summed E-state index contributed by atoms with van der Waals surface area (Å²) in [6, 6.07) is 3.97. The van der Waals surface area contributed by atoms with Crippen molar-refractivity contribution in [2.75, 3.05) is 13.1 Å². The molecule has 0 saturated carbocycles. The van der Waals surface area contributed by atoms with E-state index in [0.29, 0.717) is 63.4 Å². The molecule has 1 atom stereocenters. The SMILES string of the molecule is O=C(Cn1c(C(F)F)ccc(C(F)(F)F)c1=O)N1CCC(c2nc(C3=NOC(c4c(Cl)cc(Cl)cc4Cl)C3)cs2)CC1. The molecule has 224 valence electrons. The fraction of sp³-hybridized carbons (Fsp3) is 0.385. The van der Waals surface area contributed by atoms with Crippen LogP contribution in [0.5, 0.6) is 0 Å². The maximum absolute atomic E-state index is 13.4. The molecule has 2 aliphatic heterocycles. The van der Waals surface area contributed by atoms with Crippen LogP contribution in [0, 0.1) is 0 Å². The van der Waals surface area contributed by atoms with Crippen LogP contribution in [0.4, 0.5) is 22.0 Å². The van der Waals surface area contributed by atoms with Gasteiger partial charge in [-0.25, -0.2) is 13.8 Å². The number of oxime groups is 1. The van der Waals surface area contributed by atoms with Gasteiger partial charge in [0, 0.05) is 41.4 Å². The summed E-state index contributed by atoms with van der Waals surface area (Å²) in [4.78, 5) is 36.8. The van der Waals surface area contributed by atoms with Crippen molar-refractivity contribution in [2.45, 2.75) is 50.4 Å². The molecule has 1 unspecified atom stereocenters. The zero-order valence-electron chi connectivity index (χ0n) is 21.3. The second-order valence-corrected chi connectivity index (χ2v) is 11.8. The largest absolute Gasteiger partial charge is 0.421 e. The maximum atomic E-state index is 13.4. The lowest BCUT2D eigenvalue weighted by Crippen LogP contribution is -2.42. The van der Waals surface area contributed by atoms with Gasteiger partial charge in [0.05, 0.1) is 26.4 Å². The van der Waals surface area contributed by atoms with Crippen molar-refractivity contribution in [3.05, 3.63) is 82.6 Å². The molecule has 2 aromatic heterocycles. The zero-order chi connectivity index (χ0) is 30.3. The molecular formula is C26H20Cl3F5N4O3S. The second kappa shape index (κ2) is 12.1. The predicted octanol–water partition coefficient (Wildman–Crippen LogP) is 7.49. The third kappa shape index (κ3) is 6.29. The highest BCUT2D eigenvalue weighted by atomic mass is 35.5. The Hall–Kier alpha value is -2.74. The van der Waals surface area contributed by atoms with Crippen LogP contribution in [-0.2, 0) is 22.4 Å². The summed E-state index contributed by atoms with van der Waals surface area (Å²) in [5.74, 6) is -0.737. The molecule has 4 heterocycles. The first-order valence-corrected chi connectivity index (χ1v) is 14.5. The molecule has 2 aliphatic rings. The van der Waals surface area contributed by atoms with Gasteiger partial charge in [-0.05, 0) is 37.1 Å². The zero-order valence-corrected chi connectivity index (χ0v) is 24.4. The molecule has 0 radical (unpaired) electrons. The molecule has 0 spiro atoms. The van der Waals surface area contributed by atoms with E-state index in [2.05, 4.69) is 5.16 Å². The topological polar surface area (TPSA) is 76.8 Å². The number of pyridine rings is 1. The van der Waals surface area contributed by atoms with E-state index in [1.165, 1.54) is 16.2 Å². The van der Waals surface area contributed by atoms with E-state index in [-0.39, 0.29) is 23.6 Å². The number of alkyl halides is 5. The van der Waals surface area contributed by atoms with Gasteiger partial charge in [-0.15, -0.1) is 11.3 Å². The van der Waals surface area contributed by atoms with Crippen molar-refractivity contribution in [3.63, 3.8) is 0 Å². The number of nitrogens with zero attached hydrogens (tertiary/aromatic N) is 4. The van der Waals surface area contributed by atoms with Gasteiger partial charge in [-0.1, -0.05) is 40.0 Å². The molecule has 0 N–H and O–H groups in total. The summed E-state index contributed by atoms with van der Waals surface area (Å²) in [5, 5.41) is 7.92. The number of amides is 1. The number of rotatable bonds is 6. The second-order valence-electron chi connectivity index (χ2n) is 9.71. The smallest absolute Gasteiger partial charge is 0.387 e. The van der Waals surface area contributed by atoms with Crippen molar-refractivity contribution >= 4 is 57.8 Å². The number of aromatic nitrogens is 2. The predicted molar refractivity (Wildman–Crippen MR) is 148 cm³/mol. The lowest BCUT2D eigenvalue weighted by Gasteiger charge is -2.31. The standard InChI is InChI=1S/C26H20Cl3F5N4O3S/c27-13-7-15(28)22(16(29)8-13)20-9-17(36-41-20)18-11-42-24(35-18)12-3-5-37(6-4-12)21(39)10-38-19(23(30)31)2-1-14(25(38)40)26(32,33)34/h1-2,7-8,11-12,20,23H,3-6,9-10H2. The van der Waals surface area contributed by atoms with Gasteiger partial charge in [-0.3, -0.25) is 14.2 Å². The van der Waals surface area contributed by atoms with Crippen molar-refractivity contribution in [1.29, 1.82) is 0 Å². The number of hydrogen-bond donors (Lipinski definition) is 0. The lowest BCUT2D eigenvalue weighted by atomic mass is 9.97. The Morgan fingerprint density at radius 1 is 1.12 bits per heavy atom. The van der Waals surface area contributed by atoms with Crippen molar-refractivity contribution < 1.29 is 31.6 Å². The summed E-state index contributed by atoms with van der Waals surface area (Å²) < 4.78 is 66.6. The minimum Gasteiger partial charge on any atom is -0.387 e. The van der Waals surface area contributed by atoms with Gasteiger partial charge in [0.2, 0.25) is 5.91 Å². The van der Waals surface area contributed by atoms with Crippen molar-refractivity contribution in [3.8, 4) is 0 Å². The van der Waals surface area contributed by atoms with Crippen molar-refractivity contribution in [1.82, 2.24) is 14.5 Å². The number of likely N-dealkylation sites (tertiary alicyclic amines) is 1. The number of benzene rings is 1. The molecule has 3 aromatic rings. The van der Waals surface area contributed by atoms with E-state index in [1.807, 2.05) is 5.38 Å². The number of thiazole rings is 1. The molecule has 1 amide bonds. The Labute approximate surface area is 254 Å². The minimum atomic E-state index is -5.04. The van der Waals surface area contributed by atoms with Crippen LogP contribution < -0.4 is 5.56 Å². The fourth-order valence-corrected chi connectivity index (χ4v) is 6.99. The highest BCUT2D eigenvalue weighted by Gasteiger charge is 2.36. The molecule has 16 heteroatoms. The monoisotopic (exact) mass is 668 g/mol. The molecule has 5 rings (SSSR count). The third-order valence-electron chi connectivity index (χ3n) is 7.08. The first-order chi connectivity index (χ1) is 19.8. The van der Waals surface area contributed by atoms with Gasteiger partial charge < -0.3 is 9.74 Å². The van der Waals surface area contributed by atoms with Crippen LogP contribution in [0.3, 0.4) is 0 Å². The molecule has 42 heavy (non-hydrogen) atoms. The van der Waals surface area contributed by atoms with Gasteiger partial charge in [0.25, 0.3) is 12.0 Å². The van der Waals surface area contributed by atoms with Crippen LogP contribution in [0.1, 0.15) is 65.2 Å². The Balaban J connectivity index is 1.22.